The van der Waals surface area contributed by atoms with Crippen molar-refractivity contribution < 1.29 is 0 Å². The standard InChI is InChI=1S/C24H34.2C23H32/c1-3-4-20-7-9-21(10-8-20)11-12-22-13-17-24(18-14-22)23-15-5-19(2)6-16-23;2*1-3-19-6-8-20(9-7-19)10-11-21-12-16-23(17-13-21)22-14-4-18(2)5-15-22/h3-6,11-12,15-16,20-22,24H,7-10,13-14,17-18H2,1-2H3;2*3-5,10-11,14-15,19-21,23H,1,6-9,12-13,16-17H2,2H3/b4-3+,12-11+;2*11-10+. The summed E-state index contributed by atoms with van der Waals surface area (Å²) in [6, 6.07) is 27.7. The summed E-state index contributed by atoms with van der Waals surface area (Å²) in [6.45, 7) is 16.6. The Labute approximate surface area is 430 Å². The molecule has 0 nitrogen and oxygen atoms in total. The van der Waals surface area contributed by atoms with Crippen LogP contribution >= 0.6 is 0 Å². The van der Waals surface area contributed by atoms with E-state index in [9.17, 15) is 0 Å². The molecule has 0 bridgehead atoms. The average Bonchev–Trinajstić information content (AvgIpc) is 3.41. The largest absolute Gasteiger partial charge is 0.103 e. The molecule has 0 heterocycles. The number of benzene rings is 3. The zero-order chi connectivity index (χ0) is 48.9. The lowest BCUT2D eigenvalue weighted by atomic mass is 9.77. The molecule has 9 rings (SSSR count). The summed E-state index contributed by atoms with van der Waals surface area (Å²) >= 11 is 0. The summed E-state index contributed by atoms with van der Waals surface area (Å²) < 4.78 is 0. The fourth-order valence-corrected chi connectivity index (χ4v) is 13.3. The summed E-state index contributed by atoms with van der Waals surface area (Å²) in [5.41, 5.74) is 8.79. The quantitative estimate of drug-likeness (QED) is 0.159. The molecule has 0 unspecified atom stereocenters. The summed E-state index contributed by atoms with van der Waals surface area (Å²) in [7, 11) is 0. The Morgan fingerprint density at radius 2 is 0.457 bits per heavy atom. The van der Waals surface area contributed by atoms with E-state index in [1.165, 1.54) is 171 Å². The molecule has 70 heavy (non-hydrogen) atoms. The van der Waals surface area contributed by atoms with Crippen molar-refractivity contribution >= 4 is 0 Å². The van der Waals surface area contributed by atoms with E-state index in [0.717, 1.165) is 71.0 Å². The van der Waals surface area contributed by atoms with Crippen LogP contribution in [0.2, 0.25) is 0 Å². The van der Waals surface area contributed by atoms with E-state index in [1.807, 2.05) is 0 Å². The maximum absolute atomic E-state index is 3.95. The first-order valence-electron chi connectivity index (χ1n) is 29.4. The predicted octanol–water partition coefficient (Wildman–Crippen LogP) is 20.8. The predicted molar refractivity (Wildman–Crippen MR) is 307 cm³/mol. The van der Waals surface area contributed by atoms with Crippen molar-refractivity contribution in [3.63, 3.8) is 0 Å². The van der Waals surface area contributed by atoms with Gasteiger partial charge in [-0.25, -0.2) is 0 Å². The third-order valence-electron chi connectivity index (χ3n) is 18.5. The zero-order valence-electron chi connectivity index (χ0n) is 45.0. The Kier molecular flexibility index (Phi) is 22.3. The SMILES string of the molecule is C/C=C/C1CCC(/C=C/C2CCC(c3ccc(C)cc3)CC2)CC1.C=CC1CCC(/C=C/C2CCC(c3ccc(C)cc3)CC2)CC1.C=CC1CCC(/C=C/C2CCC(c3ccc(C)cc3)CC2)CC1. The van der Waals surface area contributed by atoms with Crippen LogP contribution in [0.4, 0.5) is 0 Å². The van der Waals surface area contributed by atoms with Crippen LogP contribution in [0.1, 0.15) is 212 Å². The number of allylic oxidation sites excluding steroid dienone is 10. The van der Waals surface area contributed by atoms with Crippen LogP contribution in [0.25, 0.3) is 0 Å². The van der Waals surface area contributed by atoms with Gasteiger partial charge < -0.3 is 0 Å². The molecule has 0 saturated heterocycles. The van der Waals surface area contributed by atoms with Crippen LogP contribution < -0.4 is 0 Å². The first-order valence-corrected chi connectivity index (χ1v) is 29.4. The first kappa shape index (κ1) is 53.9. The molecule has 6 saturated carbocycles. The molecule has 6 aliphatic carbocycles. The van der Waals surface area contributed by atoms with Crippen molar-refractivity contribution in [2.45, 2.75) is 200 Å². The molecule has 0 aliphatic heterocycles. The zero-order valence-corrected chi connectivity index (χ0v) is 45.0. The highest BCUT2D eigenvalue weighted by Crippen LogP contribution is 2.41. The summed E-state index contributed by atoms with van der Waals surface area (Å²) in [6.07, 6.45) is 57.2. The maximum Gasteiger partial charge on any atom is -0.0162 e. The van der Waals surface area contributed by atoms with Crippen molar-refractivity contribution in [1.82, 2.24) is 0 Å². The molecule has 3 aromatic carbocycles. The van der Waals surface area contributed by atoms with Crippen molar-refractivity contribution in [3.8, 4) is 0 Å². The van der Waals surface area contributed by atoms with Crippen molar-refractivity contribution in [1.29, 1.82) is 0 Å². The van der Waals surface area contributed by atoms with Crippen LogP contribution in [0, 0.1) is 74.0 Å². The fourth-order valence-electron chi connectivity index (χ4n) is 13.3. The van der Waals surface area contributed by atoms with E-state index < -0.39 is 0 Å². The van der Waals surface area contributed by atoms with Crippen LogP contribution in [-0.2, 0) is 0 Å². The molecule has 0 spiro atoms. The highest BCUT2D eigenvalue weighted by atomic mass is 14.3. The number of hydrogen-bond acceptors (Lipinski definition) is 0. The smallest absolute Gasteiger partial charge is 0.0162 e. The van der Waals surface area contributed by atoms with E-state index >= 15 is 0 Å². The second-order valence-corrected chi connectivity index (χ2v) is 23.7. The lowest BCUT2D eigenvalue weighted by Gasteiger charge is -2.28. The number of hydrogen-bond donors (Lipinski definition) is 0. The summed E-state index contributed by atoms with van der Waals surface area (Å²) in [5.74, 6) is 9.81. The lowest BCUT2D eigenvalue weighted by Crippen LogP contribution is -2.13. The van der Waals surface area contributed by atoms with Gasteiger partial charge in [0.15, 0.2) is 0 Å². The Bertz CT molecular complexity index is 1920. The minimum absolute atomic E-state index is 0.782. The Balaban J connectivity index is 0.000000155. The van der Waals surface area contributed by atoms with Gasteiger partial charge in [0, 0.05) is 0 Å². The molecule has 378 valence electrons. The topological polar surface area (TPSA) is 0 Å². The van der Waals surface area contributed by atoms with Crippen LogP contribution in [-0.4, -0.2) is 0 Å². The Hall–Kier alpha value is -3.90. The average molecular weight is 940 g/mol. The van der Waals surface area contributed by atoms with E-state index in [4.69, 9.17) is 0 Å². The minimum atomic E-state index is 0.782. The van der Waals surface area contributed by atoms with Crippen molar-refractivity contribution in [3.05, 3.63) is 180 Å². The van der Waals surface area contributed by atoms with E-state index in [0.29, 0.717) is 0 Å². The second-order valence-electron chi connectivity index (χ2n) is 23.7. The monoisotopic (exact) mass is 939 g/mol. The molecule has 0 N–H and O–H groups in total. The van der Waals surface area contributed by atoms with Gasteiger partial charge in [-0.1, -0.05) is 150 Å². The van der Waals surface area contributed by atoms with Gasteiger partial charge in [-0.2, -0.15) is 0 Å². The maximum atomic E-state index is 3.95. The molecule has 0 radical (unpaired) electrons. The Morgan fingerprint density at radius 1 is 0.271 bits per heavy atom. The summed E-state index contributed by atoms with van der Waals surface area (Å²) in [5, 5.41) is 0. The third kappa shape index (κ3) is 17.7. The van der Waals surface area contributed by atoms with E-state index in [1.54, 1.807) is 16.7 Å². The van der Waals surface area contributed by atoms with Gasteiger partial charge in [-0.15, -0.1) is 13.2 Å². The molecule has 0 atom stereocenters. The van der Waals surface area contributed by atoms with Gasteiger partial charge in [0.2, 0.25) is 0 Å². The molecular formula is C70H98. The fraction of sp³-hybridized carbons (Fsp3) is 0.571. The lowest BCUT2D eigenvalue weighted by molar-refractivity contribution is 0.348. The van der Waals surface area contributed by atoms with Gasteiger partial charge in [-0.05, 0) is 269 Å². The van der Waals surface area contributed by atoms with Gasteiger partial charge in [0.05, 0.1) is 0 Å². The molecule has 0 aromatic heterocycles. The van der Waals surface area contributed by atoms with Gasteiger partial charge in [0.25, 0.3) is 0 Å². The van der Waals surface area contributed by atoms with Gasteiger partial charge in [-0.3, -0.25) is 0 Å². The molecule has 6 aliphatic rings. The molecule has 6 fully saturated rings. The van der Waals surface area contributed by atoms with Crippen LogP contribution in [0.5, 0.6) is 0 Å². The molecule has 0 amide bonds. The molecular weight excluding hydrogens is 841 g/mol. The Morgan fingerprint density at radius 3 is 0.657 bits per heavy atom. The third-order valence-corrected chi connectivity index (χ3v) is 18.5. The highest BCUT2D eigenvalue weighted by Gasteiger charge is 2.25. The normalized spacial score (nSPS) is 31.9. The molecule has 3 aromatic rings. The van der Waals surface area contributed by atoms with Crippen molar-refractivity contribution in [2.75, 3.05) is 0 Å². The summed E-state index contributed by atoms with van der Waals surface area (Å²) in [4.78, 5) is 0. The van der Waals surface area contributed by atoms with E-state index in [-0.39, 0.29) is 0 Å². The van der Waals surface area contributed by atoms with Crippen LogP contribution in [0.15, 0.2) is 147 Å². The van der Waals surface area contributed by atoms with Crippen LogP contribution in [0.3, 0.4) is 0 Å². The number of rotatable bonds is 12. The van der Waals surface area contributed by atoms with E-state index in [2.05, 4.69) is 174 Å². The highest BCUT2D eigenvalue weighted by molar-refractivity contribution is 5.27. The molecule has 0 heteroatoms. The van der Waals surface area contributed by atoms with Gasteiger partial charge in [0.1, 0.15) is 0 Å². The van der Waals surface area contributed by atoms with Crippen molar-refractivity contribution in [2.24, 2.45) is 53.3 Å². The number of aryl methyl sites for hydroxylation is 3. The second kappa shape index (κ2) is 29.0. The first-order chi connectivity index (χ1) is 34.2. The van der Waals surface area contributed by atoms with Gasteiger partial charge >= 0.3 is 0 Å². The minimum Gasteiger partial charge on any atom is -0.103 e.